The van der Waals surface area contributed by atoms with Crippen LogP contribution in [0.2, 0.25) is 0 Å². The van der Waals surface area contributed by atoms with Crippen LogP contribution in [0.3, 0.4) is 0 Å². The molecule has 5 rings (SSSR count). The number of rotatable bonds is 6. The molecular weight excluding hydrogens is 403 g/mol. The van der Waals surface area contributed by atoms with Crippen molar-refractivity contribution in [2.24, 2.45) is 0 Å². The smallest absolute Gasteiger partial charge is 0.254 e. The van der Waals surface area contributed by atoms with Crippen LogP contribution in [0.25, 0.3) is 28.0 Å². The monoisotopic (exact) mass is 424 g/mol. The van der Waals surface area contributed by atoms with Crippen molar-refractivity contribution in [1.29, 1.82) is 0 Å². The van der Waals surface area contributed by atoms with E-state index < -0.39 is 0 Å². The number of aromatic nitrogens is 3. The van der Waals surface area contributed by atoms with E-state index in [-0.39, 0.29) is 11.4 Å². The van der Waals surface area contributed by atoms with E-state index in [0.717, 1.165) is 27.9 Å². The number of pyridine rings is 1. The third kappa shape index (κ3) is 3.96. The molecule has 0 radical (unpaired) electrons. The van der Waals surface area contributed by atoms with Crippen LogP contribution < -0.4 is 10.9 Å². The highest BCUT2D eigenvalue weighted by molar-refractivity contribution is 5.92. The van der Waals surface area contributed by atoms with Crippen LogP contribution in [0.15, 0.2) is 95.8 Å². The SMILES string of the molecule is O=c1[nH]c2c(cc1CNCc1ccc(F)cc1)c(-c1ccccc1)nn2-c1ccccc1. The molecule has 0 spiro atoms. The summed E-state index contributed by atoms with van der Waals surface area (Å²) in [5.41, 5.74) is 4.71. The Hall–Kier alpha value is -4.03. The number of hydrogen-bond acceptors (Lipinski definition) is 3. The van der Waals surface area contributed by atoms with Gasteiger partial charge in [0.25, 0.3) is 5.56 Å². The molecule has 2 aromatic heterocycles. The zero-order chi connectivity index (χ0) is 21.9. The fourth-order valence-corrected chi connectivity index (χ4v) is 3.76. The molecule has 0 saturated carbocycles. The molecule has 3 aromatic carbocycles. The van der Waals surface area contributed by atoms with Crippen molar-refractivity contribution < 1.29 is 4.39 Å². The minimum atomic E-state index is -0.264. The van der Waals surface area contributed by atoms with Crippen LogP contribution >= 0.6 is 0 Å². The molecule has 0 saturated heterocycles. The van der Waals surface area contributed by atoms with Gasteiger partial charge in [0.15, 0.2) is 0 Å². The molecule has 0 amide bonds. The standard InChI is InChI=1S/C26H21FN4O/c27-21-13-11-18(12-14-21)16-28-17-20-15-23-24(19-7-3-1-4-8-19)30-31(25(23)29-26(20)32)22-9-5-2-6-10-22/h1-15,28H,16-17H2,(H,29,32). The molecular formula is C26H21FN4O. The predicted molar refractivity (Wildman–Crippen MR) is 124 cm³/mol. The summed E-state index contributed by atoms with van der Waals surface area (Å²) in [7, 11) is 0. The van der Waals surface area contributed by atoms with Gasteiger partial charge in [-0.2, -0.15) is 5.10 Å². The Balaban J connectivity index is 1.54. The quantitative estimate of drug-likeness (QED) is 0.411. The van der Waals surface area contributed by atoms with Crippen LogP contribution in [0.1, 0.15) is 11.1 Å². The van der Waals surface area contributed by atoms with Crippen molar-refractivity contribution in [3.63, 3.8) is 0 Å². The second-order valence-corrected chi connectivity index (χ2v) is 7.58. The Bertz CT molecular complexity index is 1410. The number of nitrogens with one attached hydrogen (secondary N) is 2. The van der Waals surface area contributed by atoms with E-state index in [4.69, 9.17) is 5.10 Å². The molecule has 0 aliphatic rings. The Labute approximate surface area is 184 Å². The number of benzene rings is 3. The number of halogens is 1. The molecule has 5 nitrogen and oxygen atoms in total. The van der Waals surface area contributed by atoms with E-state index in [0.29, 0.717) is 24.3 Å². The van der Waals surface area contributed by atoms with E-state index in [1.54, 1.807) is 16.8 Å². The zero-order valence-electron chi connectivity index (χ0n) is 17.3. The second kappa shape index (κ2) is 8.61. The van der Waals surface area contributed by atoms with E-state index in [1.165, 1.54) is 12.1 Å². The highest BCUT2D eigenvalue weighted by atomic mass is 19.1. The molecule has 0 atom stereocenters. The number of H-pyrrole nitrogens is 1. The summed E-state index contributed by atoms with van der Waals surface area (Å²) in [6, 6.07) is 27.9. The Kier molecular flexibility index (Phi) is 5.35. The van der Waals surface area contributed by atoms with E-state index in [2.05, 4.69) is 10.3 Å². The van der Waals surface area contributed by atoms with Gasteiger partial charge in [0.1, 0.15) is 17.2 Å². The molecule has 5 aromatic rings. The normalized spacial score (nSPS) is 11.2. The first-order chi connectivity index (χ1) is 15.7. The van der Waals surface area contributed by atoms with Gasteiger partial charge in [0.2, 0.25) is 0 Å². The maximum Gasteiger partial charge on any atom is 0.254 e. The van der Waals surface area contributed by atoms with Gasteiger partial charge in [0.05, 0.1) is 5.69 Å². The van der Waals surface area contributed by atoms with Crippen LogP contribution in [0, 0.1) is 5.82 Å². The minimum absolute atomic E-state index is 0.166. The van der Waals surface area contributed by atoms with Crippen molar-refractivity contribution in [3.8, 4) is 16.9 Å². The average Bonchev–Trinajstić information content (AvgIpc) is 3.20. The van der Waals surface area contributed by atoms with Gasteiger partial charge < -0.3 is 10.3 Å². The molecule has 6 heteroatoms. The van der Waals surface area contributed by atoms with Gasteiger partial charge in [-0.1, -0.05) is 60.7 Å². The molecule has 0 unspecified atom stereocenters. The largest absolute Gasteiger partial charge is 0.308 e. The van der Waals surface area contributed by atoms with E-state index >= 15 is 0 Å². The minimum Gasteiger partial charge on any atom is -0.308 e. The summed E-state index contributed by atoms with van der Waals surface area (Å²) in [6.45, 7) is 0.917. The summed E-state index contributed by atoms with van der Waals surface area (Å²) in [4.78, 5) is 15.9. The highest BCUT2D eigenvalue weighted by Gasteiger charge is 2.16. The molecule has 0 fully saturated rings. The maximum atomic E-state index is 13.1. The van der Waals surface area contributed by atoms with Gasteiger partial charge in [0, 0.05) is 29.6 Å². The average molecular weight is 424 g/mol. The lowest BCUT2D eigenvalue weighted by Crippen LogP contribution is -2.21. The van der Waals surface area contributed by atoms with Crippen LogP contribution in [-0.4, -0.2) is 14.8 Å². The first kappa shape index (κ1) is 19.9. The van der Waals surface area contributed by atoms with Crippen molar-refractivity contribution in [1.82, 2.24) is 20.1 Å². The topological polar surface area (TPSA) is 62.7 Å². The molecule has 0 aliphatic carbocycles. The van der Waals surface area contributed by atoms with Gasteiger partial charge in [-0.25, -0.2) is 9.07 Å². The first-order valence-corrected chi connectivity index (χ1v) is 10.4. The van der Waals surface area contributed by atoms with Crippen LogP contribution in [-0.2, 0) is 13.1 Å². The van der Waals surface area contributed by atoms with Crippen LogP contribution in [0.5, 0.6) is 0 Å². The third-order valence-corrected chi connectivity index (χ3v) is 5.37. The molecule has 2 heterocycles. The molecule has 2 N–H and O–H groups in total. The Morgan fingerprint density at radius 3 is 2.28 bits per heavy atom. The Morgan fingerprint density at radius 1 is 0.875 bits per heavy atom. The van der Waals surface area contributed by atoms with Crippen molar-refractivity contribution in [3.05, 3.63) is 118 Å². The molecule has 32 heavy (non-hydrogen) atoms. The van der Waals surface area contributed by atoms with E-state index in [1.807, 2.05) is 66.7 Å². The number of nitrogens with zero attached hydrogens (tertiary/aromatic N) is 2. The number of fused-ring (bicyclic) bond motifs is 1. The van der Waals surface area contributed by atoms with Crippen molar-refractivity contribution in [2.75, 3.05) is 0 Å². The molecule has 158 valence electrons. The summed E-state index contributed by atoms with van der Waals surface area (Å²) in [6.07, 6.45) is 0. The second-order valence-electron chi connectivity index (χ2n) is 7.58. The van der Waals surface area contributed by atoms with Crippen molar-refractivity contribution >= 4 is 11.0 Å². The van der Waals surface area contributed by atoms with Gasteiger partial charge in [-0.3, -0.25) is 4.79 Å². The summed E-state index contributed by atoms with van der Waals surface area (Å²) in [5, 5.41) is 8.98. The number of aromatic amines is 1. The zero-order valence-corrected chi connectivity index (χ0v) is 17.3. The maximum absolute atomic E-state index is 13.1. The van der Waals surface area contributed by atoms with Gasteiger partial charge in [-0.05, 0) is 35.9 Å². The van der Waals surface area contributed by atoms with Crippen molar-refractivity contribution in [2.45, 2.75) is 13.1 Å². The number of para-hydroxylation sites is 1. The Morgan fingerprint density at radius 2 is 1.56 bits per heavy atom. The molecule has 0 aliphatic heterocycles. The molecule has 0 bridgehead atoms. The van der Waals surface area contributed by atoms with E-state index in [9.17, 15) is 9.18 Å². The summed E-state index contributed by atoms with van der Waals surface area (Å²) < 4.78 is 14.9. The first-order valence-electron chi connectivity index (χ1n) is 10.4. The summed E-state index contributed by atoms with van der Waals surface area (Å²) in [5.74, 6) is -0.264. The van der Waals surface area contributed by atoms with Gasteiger partial charge in [-0.15, -0.1) is 0 Å². The predicted octanol–water partition coefficient (Wildman–Crippen LogP) is 4.81. The lowest BCUT2D eigenvalue weighted by Gasteiger charge is -2.06. The number of hydrogen-bond donors (Lipinski definition) is 2. The third-order valence-electron chi connectivity index (χ3n) is 5.37. The lowest BCUT2D eigenvalue weighted by molar-refractivity contribution is 0.624. The summed E-state index contributed by atoms with van der Waals surface area (Å²) >= 11 is 0. The van der Waals surface area contributed by atoms with Crippen LogP contribution in [0.4, 0.5) is 4.39 Å². The highest BCUT2D eigenvalue weighted by Crippen LogP contribution is 2.28. The fraction of sp³-hybridized carbons (Fsp3) is 0.0769. The lowest BCUT2D eigenvalue weighted by atomic mass is 10.1. The van der Waals surface area contributed by atoms with Gasteiger partial charge >= 0.3 is 0 Å². The fourth-order valence-electron chi connectivity index (χ4n) is 3.76.